The van der Waals surface area contributed by atoms with E-state index in [1.807, 2.05) is 0 Å². The van der Waals surface area contributed by atoms with E-state index < -0.39 is 28.3 Å². The summed E-state index contributed by atoms with van der Waals surface area (Å²) in [6.07, 6.45) is -1.89. The molecule has 3 N–H and O–H groups in total. The van der Waals surface area contributed by atoms with Crippen molar-refractivity contribution in [1.82, 2.24) is 0 Å². The minimum Gasteiger partial charge on any atom is -0.479 e. The summed E-state index contributed by atoms with van der Waals surface area (Å²) >= 11 is 0. The molecule has 0 saturated heterocycles. The number of nitrogens with zero attached hydrogens (tertiary/aromatic N) is 1. The number of para-hydroxylation sites is 1. The highest BCUT2D eigenvalue weighted by atomic mass is 16.6. The van der Waals surface area contributed by atoms with E-state index in [1.165, 1.54) is 18.2 Å². The number of aliphatic hydroxyl groups is 2. The molecule has 0 aromatic heterocycles. The lowest BCUT2D eigenvalue weighted by Crippen LogP contribution is -2.41. The molecule has 0 heterocycles. The number of carboxylic acid groups (broad SMARTS) is 1. The highest BCUT2D eigenvalue weighted by molar-refractivity contribution is 5.78. The number of carboxylic acids is 1. The van der Waals surface area contributed by atoms with Crippen LogP contribution in [-0.2, 0) is 4.79 Å². The van der Waals surface area contributed by atoms with Gasteiger partial charge in [0, 0.05) is 6.07 Å². The molecule has 1 rings (SSSR count). The average Bonchev–Trinajstić information content (AvgIpc) is 2.27. The monoisotopic (exact) mass is 241 g/mol. The lowest BCUT2D eigenvalue weighted by Gasteiger charge is -2.24. The molecule has 7 nitrogen and oxygen atoms in total. The van der Waals surface area contributed by atoms with Crippen molar-refractivity contribution in [3.63, 3.8) is 0 Å². The molecule has 92 valence electrons. The summed E-state index contributed by atoms with van der Waals surface area (Å²) in [5, 5.41) is 38.7. The van der Waals surface area contributed by atoms with Gasteiger partial charge in [0.2, 0.25) is 0 Å². The number of rotatable bonds is 4. The largest absolute Gasteiger partial charge is 0.479 e. The number of carbonyl (C=O) groups is 1. The molecule has 7 heteroatoms. The van der Waals surface area contributed by atoms with Crippen molar-refractivity contribution in [3.05, 3.63) is 39.9 Å². The third-order valence-electron chi connectivity index (χ3n) is 2.39. The first-order chi connectivity index (χ1) is 7.78. The fraction of sp³-hybridized carbons (Fsp3) is 0.300. The normalized spacial score (nSPS) is 15.9. The number of hydrogen-bond donors (Lipinski definition) is 3. The van der Waals surface area contributed by atoms with E-state index in [9.17, 15) is 25.1 Å². The SMILES string of the molecule is CC(O)(C(=O)O)[C@@H](O)c1ccccc1[N+](=O)[O-]. The summed E-state index contributed by atoms with van der Waals surface area (Å²) in [4.78, 5) is 20.7. The molecule has 0 aliphatic carbocycles. The smallest absolute Gasteiger partial charge is 0.338 e. The fourth-order valence-electron chi connectivity index (χ4n) is 1.30. The number of nitro groups is 1. The Hall–Kier alpha value is -1.99. The van der Waals surface area contributed by atoms with Gasteiger partial charge in [0.25, 0.3) is 5.69 Å². The predicted molar refractivity (Wildman–Crippen MR) is 56.3 cm³/mol. The van der Waals surface area contributed by atoms with Crippen LogP contribution < -0.4 is 0 Å². The first-order valence-corrected chi connectivity index (χ1v) is 4.65. The van der Waals surface area contributed by atoms with Crippen molar-refractivity contribution in [2.75, 3.05) is 0 Å². The molecular formula is C10H11NO6. The first kappa shape index (κ1) is 13.1. The Bertz CT molecular complexity index is 456. The summed E-state index contributed by atoms with van der Waals surface area (Å²) in [5.41, 5.74) is -3.18. The van der Waals surface area contributed by atoms with Gasteiger partial charge in [-0.3, -0.25) is 10.1 Å². The molecule has 0 spiro atoms. The maximum absolute atomic E-state index is 10.7. The van der Waals surface area contributed by atoms with Gasteiger partial charge in [-0.2, -0.15) is 0 Å². The van der Waals surface area contributed by atoms with E-state index in [4.69, 9.17) is 5.11 Å². The minimum atomic E-state index is -2.49. The maximum atomic E-state index is 10.7. The Morgan fingerprint density at radius 1 is 1.47 bits per heavy atom. The van der Waals surface area contributed by atoms with E-state index in [2.05, 4.69) is 0 Å². The standard InChI is InChI=1S/C10H11NO6/c1-10(15,9(13)14)8(12)6-4-2-3-5-7(6)11(16)17/h2-5,8,12,15H,1H3,(H,13,14)/t8-,10?/m0/s1. The van der Waals surface area contributed by atoms with Crippen LogP contribution in [0.2, 0.25) is 0 Å². The van der Waals surface area contributed by atoms with Crippen LogP contribution in [0.3, 0.4) is 0 Å². The summed E-state index contributed by atoms with van der Waals surface area (Å²) in [6, 6.07) is 5.10. The maximum Gasteiger partial charge on any atom is 0.338 e. The van der Waals surface area contributed by atoms with Crippen molar-refractivity contribution < 1.29 is 25.0 Å². The van der Waals surface area contributed by atoms with Gasteiger partial charge < -0.3 is 15.3 Å². The zero-order valence-electron chi connectivity index (χ0n) is 8.90. The molecule has 17 heavy (non-hydrogen) atoms. The zero-order valence-corrected chi connectivity index (χ0v) is 8.90. The van der Waals surface area contributed by atoms with Crippen molar-refractivity contribution in [3.8, 4) is 0 Å². The summed E-state index contributed by atoms with van der Waals surface area (Å²) < 4.78 is 0. The lowest BCUT2D eigenvalue weighted by atomic mass is 9.92. The van der Waals surface area contributed by atoms with Crippen molar-refractivity contribution in [1.29, 1.82) is 0 Å². The highest BCUT2D eigenvalue weighted by Gasteiger charge is 2.42. The fourth-order valence-corrected chi connectivity index (χ4v) is 1.30. The third-order valence-corrected chi connectivity index (χ3v) is 2.39. The Balaban J connectivity index is 3.26. The van der Waals surface area contributed by atoms with Crippen LogP contribution >= 0.6 is 0 Å². The Morgan fingerprint density at radius 3 is 2.47 bits per heavy atom. The van der Waals surface area contributed by atoms with Crippen LogP contribution in [0.15, 0.2) is 24.3 Å². The molecule has 0 fully saturated rings. The van der Waals surface area contributed by atoms with Crippen LogP contribution in [0.1, 0.15) is 18.6 Å². The first-order valence-electron chi connectivity index (χ1n) is 4.65. The van der Waals surface area contributed by atoms with Crippen LogP contribution in [0.25, 0.3) is 0 Å². The number of nitro benzene ring substituents is 1. The molecule has 0 bridgehead atoms. The Morgan fingerprint density at radius 2 is 2.00 bits per heavy atom. The Labute approximate surface area is 96.1 Å². The van der Waals surface area contributed by atoms with Crippen molar-refractivity contribution in [2.45, 2.75) is 18.6 Å². The predicted octanol–water partition coefficient (Wildman–Crippen LogP) is 0.464. The average molecular weight is 241 g/mol. The Kier molecular flexibility index (Phi) is 3.45. The van der Waals surface area contributed by atoms with Gasteiger partial charge in [-0.15, -0.1) is 0 Å². The highest BCUT2D eigenvalue weighted by Crippen LogP contribution is 2.32. The van der Waals surface area contributed by atoms with Crippen molar-refractivity contribution in [2.24, 2.45) is 0 Å². The van der Waals surface area contributed by atoms with Gasteiger partial charge in [0.1, 0.15) is 6.10 Å². The van der Waals surface area contributed by atoms with Gasteiger partial charge in [-0.1, -0.05) is 12.1 Å². The molecule has 0 aliphatic rings. The van der Waals surface area contributed by atoms with Gasteiger partial charge >= 0.3 is 5.97 Å². The van der Waals surface area contributed by atoms with Gasteiger partial charge in [-0.25, -0.2) is 4.79 Å². The number of hydrogen-bond acceptors (Lipinski definition) is 5. The molecule has 0 saturated carbocycles. The number of aliphatic carboxylic acids is 1. The van der Waals surface area contributed by atoms with E-state index in [-0.39, 0.29) is 5.56 Å². The molecule has 1 unspecified atom stereocenters. The minimum absolute atomic E-state index is 0.245. The molecule has 0 amide bonds. The second-order valence-corrected chi connectivity index (χ2v) is 3.67. The van der Waals surface area contributed by atoms with Crippen LogP contribution in [0, 0.1) is 10.1 Å². The van der Waals surface area contributed by atoms with Gasteiger partial charge in [0.05, 0.1) is 10.5 Å². The van der Waals surface area contributed by atoms with Crippen LogP contribution in [0.5, 0.6) is 0 Å². The lowest BCUT2D eigenvalue weighted by molar-refractivity contribution is -0.386. The molecule has 1 aromatic rings. The molecular weight excluding hydrogens is 230 g/mol. The summed E-state index contributed by atoms with van der Waals surface area (Å²) in [5.74, 6) is -1.66. The summed E-state index contributed by atoms with van der Waals surface area (Å²) in [6.45, 7) is 0.872. The van der Waals surface area contributed by atoms with E-state index in [1.54, 1.807) is 0 Å². The number of aliphatic hydroxyl groups excluding tert-OH is 1. The quantitative estimate of drug-likeness (QED) is 0.520. The molecule has 0 radical (unpaired) electrons. The van der Waals surface area contributed by atoms with Gasteiger partial charge in [-0.05, 0) is 13.0 Å². The van der Waals surface area contributed by atoms with E-state index in [0.717, 1.165) is 13.0 Å². The molecule has 2 atom stereocenters. The second kappa shape index (κ2) is 4.48. The van der Waals surface area contributed by atoms with E-state index in [0.29, 0.717) is 0 Å². The summed E-state index contributed by atoms with van der Waals surface area (Å²) in [7, 11) is 0. The molecule has 0 aliphatic heterocycles. The van der Waals surface area contributed by atoms with Gasteiger partial charge in [0.15, 0.2) is 5.60 Å². The second-order valence-electron chi connectivity index (χ2n) is 3.67. The van der Waals surface area contributed by atoms with Crippen molar-refractivity contribution >= 4 is 11.7 Å². The zero-order chi connectivity index (χ0) is 13.2. The topological polar surface area (TPSA) is 121 Å². The molecule has 1 aromatic carbocycles. The van der Waals surface area contributed by atoms with Crippen LogP contribution in [0.4, 0.5) is 5.69 Å². The number of benzene rings is 1. The van der Waals surface area contributed by atoms with E-state index >= 15 is 0 Å². The third kappa shape index (κ3) is 2.40. The van der Waals surface area contributed by atoms with Crippen LogP contribution in [-0.4, -0.2) is 31.8 Å².